The summed E-state index contributed by atoms with van der Waals surface area (Å²) in [5.74, 6) is 0.294. The summed E-state index contributed by atoms with van der Waals surface area (Å²) in [4.78, 5) is 21.9. The van der Waals surface area contributed by atoms with Crippen LogP contribution in [0.15, 0.2) is 24.3 Å². The third-order valence-corrected chi connectivity index (χ3v) is 3.38. The number of benzene rings is 1. The molecule has 1 aromatic rings. The van der Waals surface area contributed by atoms with Crippen LogP contribution in [0.5, 0.6) is 5.75 Å². The van der Waals surface area contributed by atoms with Crippen LogP contribution in [0, 0.1) is 16.0 Å². The van der Waals surface area contributed by atoms with Gasteiger partial charge in [0.1, 0.15) is 19.0 Å². The number of ether oxygens (including phenoxy) is 2. The number of unbranched alkanes of at least 4 members (excludes halogenated alkanes) is 1. The molecule has 1 unspecified atom stereocenters. The highest BCUT2D eigenvalue weighted by Crippen LogP contribution is 2.17. The van der Waals surface area contributed by atoms with Crippen molar-refractivity contribution < 1.29 is 19.2 Å². The van der Waals surface area contributed by atoms with Crippen LogP contribution >= 0.6 is 0 Å². The molecular weight excluding hydrogens is 286 g/mol. The SMILES string of the molecule is CCCCC(CC)C(=O)OCCOc1ccc([N+](=O)[O-])cc1. The van der Waals surface area contributed by atoms with Crippen molar-refractivity contribution in [1.82, 2.24) is 0 Å². The molecule has 6 heteroatoms. The zero-order valence-electron chi connectivity index (χ0n) is 13.1. The normalized spacial score (nSPS) is 11.7. The quantitative estimate of drug-likeness (QED) is 0.285. The lowest BCUT2D eigenvalue weighted by Gasteiger charge is -2.14. The monoisotopic (exact) mass is 309 g/mol. The summed E-state index contributed by atoms with van der Waals surface area (Å²) < 4.78 is 10.6. The number of hydrogen-bond acceptors (Lipinski definition) is 5. The van der Waals surface area contributed by atoms with Gasteiger partial charge in [-0.2, -0.15) is 0 Å². The second kappa shape index (κ2) is 9.76. The summed E-state index contributed by atoms with van der Waals surface area (Å²) in [5, 5.41) is 10.5. The summed E-state index contributed by atoms with van der Waals surface area (Å²) in [6.07, 6.45) is 3.72. The van der Waals surface area contributed by atoms with Crippen molar-refractivity contribution in [2.75, 3.05) is 13.2 Å². The zero-order valence-corrected chi connectivity index (χ0v) is 13.1. The van der Waals surface area contributed by atoms with Gasteiger partial charge in [0.25, 0.3) is 5.69 Å². The fourth-order valence-corrected chi connectivity index (χ4v) is 2.02. The minimum absolute atomic E-state index is 0.0143. The molecule has 0 aliphatic carbocycles. The van der Waals surface area contributed by atoms with Gasteiger partial charge in [-0.3, -0.25) is 14.9 Å². The lowest BCUT2D eigenvalue weighted by Crippen LogP contribution is -2.20. The van der Waals surface area contributed by atoms with E-state index in [1.807, 2.05) is 6.92 Å². The van der Waals surface area contributed by atoms with Crippen molar-refractivity contribution in [3.05, 3.63) is 34.4 Å². The molecule has 22 heavy (non-hydrogen) atoms. The highest BCUT2D eigenvalue weighted by Gasteiger charge is 2.17. The van der Waals surface area contributed by atoms with E-state index in [0.29, 0.717) is 5.75 Å². The summed E-state index contributed by atoms with van der Waals surface area (Å²) >= 11 is 0. The number of non-ortho nitro benzene ring substituents is 1. The second-order valence-electron chi connectivity index (χ2n) is 5.01. The minimum Gasteiger partial charge on any atom is -0.490 e. The van der Waals surface area contributed by atoms with Gasteiger partial charge in [0, 0.05) is 12.1 Å². The molecule has 122 valence electrons. The molecule has 0 saturated carbocycles. The Hall–Kier alpha value is -2.11. The summed E-state index contributed by atoms with van der Waals surface area (Å²) in [7, 11) is 0. The van der Waals surface area contributed by atoms with Gasteiger partial charge in [-0.05, 0) is 25.0 Å². The van der Waals surface area contributed by atoms with Crippen LogP contribution < -0.4 is 4.74 Å². The molecule has 0 heterocycles. The Morgan fingerprint density at radius 2 is 1.91 bits per heavy atom. The van der Waals surface area contributed by atoms with Crippen LogP contribution in [0.4, 0.5) is 5.69 Å². The Kier molecular flexibility index (Phi) is 7.96. The van der Waals surface area contributed by atoms with Crippen molar-refractivity contribution in [2.24, 2.45) is 5.92 Å². The number of rotatable bonds is 10. The van der Waals surface area contributed by atoms with Gasteiger partial charge < -0.3 is 9.47 Å². The standard InChI is InChI=1S/C16H23NO5/c1-3-5-6-13(4-2)16(18)22-12-11-21-15-9-7-14(8-10-15)17(19)20/h7-10,13H,3-6,11-12H2,1-2H3. The molecule has 0 saturated heterocycles. The van der Waals surface area contributed by atoms with E-state index < -0.39 is 4.92 Å². The van der Waals surface area contributed by atoms with Crippen molar-refractivity contribution >= 4 is 11.7 Å². The molecule has 0 bridgehead atoms. The lowest BCUT2D eigenvalue weighted by molar-refractivity contribution is -0.384. The van der Waals surface area contributed by atoms with E-state index in [2.05, 4.69) is 6.92 Å². The molecule has 0 aromatic heterocycles. The van der Waals surface area contributed by atoms with E-state index in [1.165, 1.54) is 24.3 Å². The third-order valence-electron chi connectivity index (χ3n) is 3.38. The van der Waals surface area contributed by atoms with Crippen LogP contribution in [0.25, 0.3) is 0 Å². The van der Waals surface area contributed by atoms with Crippen LogP contribution in [0.2, 0.25) is 0 Å². The molecule has 0 aliphatic rings. The molecule has 1 atom stereocenters. The fraction of sp³-hybridized carbons (Fsp3) is 0.562. The van der Waals surface area contributed by atoms with Crippen LogP contribution in [0.1, 0.15) is 39.5 Å². The number of nitro groups is 1. The van der Waals surface area contributed by atoms with Crippen molar-refractivity contribution in [2.45, 2.75) is 39.5 Å². The Bertz CT molecular complexity index is 472. The molecule has 1 rings (SSSR count). The first-order chi connectivity index (χ1) is 10.6. The average Bonchev–Trinajstić information content (AvgIpc) is 2.52. The van der Waals surface area contributed by atoms with Gasteiger partial charge in [0.05, 0.1) is 10.8 Å². The Morgan fingerprint density at radius 1 is 1.23 bits per heavy atom. The van der Waals surface area contributed by atoms with E-state index in [9.17, 15) is 14.9 Å². The maximum atomic E-state index is 11.9. The molecule has 0 aliphatic heterocycles. The number of carbonyl (C=O) groups excluding carboxylic acids is 1. The first kappa shape index (κ1) is 17.9. The van der Waals surface area contributed by atoms with Gasteiger partial charge in [-0.25, -0.2) is 0 Å². The third kappa shape index (κ3) is 6.11. The first-order valence-corrected chi connectivity index (χ1v) is 7.62. The first-order valence-electron chi connectivity index (χ1n) is 7.62. The van der Waals surface area contributed by atoms with E-state index in [1.54, 1.807) is 0 Å². The van der Waals surface area contributed by atoms with Gasteiger partial charge in [0.2, 0.25) is 0 Å². The molecule has 1 aromatic carbocycles. The van der Waals surface area contributed by atoms with Crippen molar-refractivity contribution in [3.63, 3.8) is 0 Å². The van der Waals surface area contributed by atoms with Crippen LogP contribution in [-0.4, -0.2) is 24.1 Å². The zero-order chi connectivity index (χ0) is 16.4. The van der Waals surface area contributed by atoms with E-state index in [4.69, 9.17) is 9.47 Å². The van der Waals surface area contributed by atoms with Crippen LogP contribution in [0.3, 0.4) is 0 Å². The maximum absolute atomic E-state index is 11.9. The number of nitrogens with zero attached hydrogens (tertiary/aromatic N) is 1. The predicted molar refractivity (Wildman–Crippen MR) is 82.9 cm³/mol. The summed E-state index contributed by atoms with van der Waals surface area (Å²) in [6, 6.07) is 5.80. The minimum atomic E-state index is -0.466. The van der Waals surface area contributed by atoms with Crippen molar-refractivity contribution in [3.8, 4) is 5.75 Å². The Morgan fingerprint density at radius 3 is 2.45 bits per heavy atom. The molecular formula is C16H23NO5. The molecule has 0 fully saturated rings. The van der Waals surface area contributed by atoms with Gasteiger partial charge in [0.15, 0.2) is 0 Å². The topological polar surface area (TPSA) is 78.7 Å². The fourth-order valence-electron chi connectivity index (χ4n) is 2.02. The maximum Gasteiger partial charge on any atom is 0.309 e. The van der Waals surface area contributed by atoms with Crippen molar-refractivity contribution in [1.29, 1.82) is 0 Å². The number of nitro benzene ring substituents is 1. The molecule has 0 N–H and O–H groups in total. The Labute approximate surface area is 130 Å². The van der Waals surface area contributed by atoms with E-state index in [0.717, 1.165) is 25.7 Å². The Balaban J connectivity index is 2.29. The lowest BCUT2D eigenvalue weighted by atomic mass is 10.00. The molecule has 0 radical (unpaired) electrons. The smallest absolute Gasteiger partial charge is 0.309 e. The number of esters is 1. The van der Waals surface area contributed by atoms with Crippen LogP contribution in [-0.2, 0) is 9.53 Å². The summed E-state index contributed by atoms with van der Waals surface area (Å²) in [6.45, 7) is 4.48. The van der Waals surface area contributed by atoms with Gasteiger partial charge >= 0.3 is 5.97 Å². The number of hydrogen-bond donors (Lipinski definition) is 0. The molecule has 0 spiro atoms. The average molecular weight is 309 g/mol. The highest BCUT2D eigenvalue weighted by atomic mass is 16.6. The van der Waals surface area contributed by atoms with Gasteiger partial charge in [-0.15, -0.1) is 0 Å². The molecule has 0 amide bonds. The second-order valence-corrected chi connectivity index (χ2v) is 5.01. The number of carbonyl (C=O) groups is 1. The highest BCUT2D eigenvalue weighted by molar-refractivity contribution is 5.72. The van der Waals surface area contributed by atoms with E-state index >= 15 is 0 Å². The summed E-state index contributed by atoms with van der Waals surface area (Å²) in [5.41, 5.74) is 0.0143. The van der Waals surface area contributed by atoms with E-state index in [-0.39, 0.29) is 30.8 Å². The molecule has 6 nitrogen and oxygen atoms in total. The van der Waals surface area contributed by atoms with Gasteiger partial charge in [-0.1, -0.05) is 26.7 Å². The predicted octanol–water partition coefficient (Wildman–Crippen LogP) is 3.73. The largest absolute Gasteiger partial charge is 0.490 e.